The van der Waals surface area contributed by atoms with Crippen molar-refractivity contribution in [2.24, 2.45) is 0 Å². The van der Waals surface area contributed by atoms with E-state index in [1.54, 1.807) is 17.5 Å². The van der Waals surface area contributed by atoms with Crippen LogP contribution in [0.3, 0.4) is 0 Å². The summed E-state index contributed by atoms with van der Waals surface area (Å²) < 4.78 is 6.58. The van der Waals surface area contributed by atoms with Crippen molar-refractivity contribution in [3.05, 3.63) is 48.4 Å². The lowest BCUT2D eigenvalue weighted by molar-refractivity contribution is 0.0519. The highest BCUT2D eigenvalue weighted by atomic mass is 16.5. The second kappa shape index (κ2) is 5.08. The van der Waals surface area contributed by atoms with Gasteiger partial charge in [-0.05, 0) is 13.0 Å². The smallest absolute Gasteiger partial charge is 0.357 e. The Morgan fingerprint density at radius 2 is 2.10 bits per heavy atom. The van der Waals surface area contributed by atoms with Crippen molar-refractivity contribution in [1.82, 2.24) is 19.6 Å². The van der Waals surface area contributed by atoms with Gasteiger partial charge in [0.05, 0.1) is 12.3 Å². The van der Waals surface area contributed by atoms with Gasteiger partial charge in [-0.15, -0.1) is 0 Å². The molecule has 0 bridgehead atoms. The van der Waals surface area contributed by atoms with Crippen LogP contribution in [0.1, 0.15) is 17.4 Å². The van der Waals surface area contributed by atoms with Gasteiger partial charge in [-0.3, -0.25) is 0 Å². The van der Waals surface area contributed by atoms with E-state index < -0.39 is 5.97 Å². The maximum atomic E-state index is 11.9. The fourth-order valence-electron chi connectivity index (χ4n) is 1.94. The van der Waals surface area contributed by atoms with E-state index in [4.69, 9.17) is 4.74 Å². The molecule has 100 valence electrons. The Labute approximate surface area is 115 Å². The molecule has 0 spiro atoms. The molecule has 0 radical (unpaired) electrons. The van der Waals surface area contributed by atoms with Crippen LogP contribution >= 0.6 is 0 Å². The van der Waals surface area contributed by atoms with Crippen molar-refractivity contribution in [2.75, 3.05) is 6.61 Å². The predicted molar refractivity (Wildman–Crippen MR) is 72.2 cm³/mol. The molecule has 0 aliphatic rings. The zero-order valence-electron chi connectivity index (χ0n) is 10.9. The summed E-state index contributed by atoms with van der Waals surface area (Å²) in [7, 11) is 0. The third-order valence-electron chi connectivity index (χ3n) is 2.81. The van der Waals surface area contributed by atoms with Crippen molar-refractivity contribution >= 4 is 11.7 Å². The molecule has 0 aliphatic heterocycles. The standard InChI is InChI=1S/C14H12N4O2/c1-2-20-13(19)11-8-12(10-6-4-3-5-7-10)18-14(17-11)15-9-16-18/h3-9H,2H2,1H3. The van der Waals surface area contributed by atoms with Gasteiger partial charge in [0.15, 0.2) is 5.69 Å². The Bertz CT molecular complexity index is 752. The number of carbonyl (C=O) groups is 1. The second-order valence-electron chi connectivity index (χ2n) is 4.08. The van der Waals surface area contributed by atoms with E-state index >= 15 is 0 Å². The molecule has 0 atom stereocenters. The molecule has 1 aromatic carbocycles. The minimum atomic E-state index is -0.463. The molecule has 0 unspecified atom stereocenters. The fourth-order valence-corrected chi connectivity index (χ4v) is 1.94. The molecule has 2 aromatic heterocycles. The van der Waals surface area contributed by atoms with E-state index in [1.165, 1.54) is 6.33 Å². The summed E-state index contributed by atoms with van der Waals surface area (Å²) in [5.74, 6) is -0.0930. The molecule has 3 rings (SSSR count). The summed E-state index contributed by atoms with van der Waals surface area (Å²) in [4.78, 5) is 20.0. The number of hydrogen-bond donors (Lipinski definition) is 0. The number of esters is 1. The van der Waals surface area contributed by atoms with E-state index in [1.807, 2.05) is 30.3 Å². The van der Waals surface area contributed by atoms with E-state index in [0.717, 1.165) is 11.3 Å². The zero-order chi connectivity index (χ0) is 13.9. The molecule has 0 saturated carbocycles. The van der Waals surface area contributed by atoms with Crippen molar-refractivity contribution in [3.8, 4) is 11.3 Å². The van der Waals surface area contributed by atoms with Gasteiger partial charge in [0, 0.05) is 5.56 Å². The highest BCUT2D eigenvalue weighted by molar-refractivity contribution is 5.89. The van der Waals surface area contributed by atoms with E-state index in [0.29, 0.717) is 12.4 Å². The SMILES string of the molecule is CCOC(=O)c1cc(-c2ccccc2)n2ncnc2n1. The quantitative estimate of drug-likeness (QED) is 0.679. The van der Waals surface area contributed by atoms with Crippen LogP contribution in [0.4, 0.5) is 0 Å². The van der Waals surface area contributed by atoms with Gasteiger partial charge < -0.3 is 4.74 Å². The molecular formula is C14H12N4O2. The summed E-state index contributed by atoms with van der Waals surface area (Å²) in [5, 5.41) is 4.13. The second-order valence-corrected chi connectivity index (χ2v) is 4.08. The van der Waals surface area contributed by atoms with Gasteiger partial charge in [0.1, 0.15) is 6.33 Å². The fraction of sp³-hybridized carbons (Fsp3) is 0.143. The Morgan fingerprint density at radius 3 is 2.85 bits per heavy atom. The minimum Gasteiger partial charge on any atom is -0.461 e. The predicted octanol–water partition coefficient (Wildman–Crippen LogP) is 1.97. The maximum Gasteiger partial charge on any atom is 0.357 e. The average molecular weight is 268 g/mol. The molecule has 0 amide bonds. The molecule has 0 N–H and O–H groups in total. The molecule has 6 nitrogen and oxygen atoms in total. The number of carbonyl (C=O) groups excluding carboxylic acids is 1. The molecule has 6 heteroatoms. The van der Waals surface area contributed by atoms with Crippen LogP contribution in [0.2, 0.25) is 0 Å². The topological polar surface area (TPSA) is 69.4 Å². The molecule has 0 fully saturated rings. The normalized spacial score (nSPS) is 10.7. The summed E-state index contributed by atoms with van der Waals surface area (Å²) in [5.41, 5.74) is 1.90. The number of ether oxygens (including phenoxy) is 1. The maximum absolute atomic E-state index is 11.9. The first-order valence-corrected chi connectivity index (χ1v) is 6.23. The molecular weight excluding hydrogens is 256 g/mol. The summed E-state index contributed by atoms with van der Waals surface area (Å²) in [6.07, 6.45) is 1.41. The summed E-state index contributed by atoms with van der Waals surface area (Å²) >= 11 is 0. The number of nitrogens with zero attached hydrogens (tertiary/aromatic N) is 4. The van der Waals surface area contributed by atoms with Gasteiger partial charge in [-0.2, -0.15) is 14.6 Å². The number of rotatable bonds is 3. The van der Waals surface area contributed by atoms with Gasteiger partial charge in [0.2, 0.25) is 0 Å². The van der Waals surface area contributed by atoms with Crippen LogP contribution < -0.4 is 0 Å². The Hall–Kier alpha value is -2.76. The van der Waals surface area contributed by atoms with Crippen molar-refractivity contribution in [1.29, 1.82) is 0 Å². The van der Waals surface area contributed by atoms with Crippen LogP contribution in [-0.2, 0) is 4.74 Å². The first-order valence-electron chi connectivity index (χ1n) is 6.23. The molecule has 20 heavy (non-hydrogen) atoms. The Balaban J connectivity index is 2.19. The molecule has 2 heterocycles. The third kappa shape index (κ3) is 2.11. The van der Waals surface area contributed by atoms with Gasteiger partial charge in [0.25, 0.3) is 5.78 Å². The Kier molecular flexibility index (Phi) is 3.12. The molecule has 3 aromatic rings. The first kappa shape index (κ1) is 12.3. The van der Waals surface area contributed by atoms with Gasteiger partial charge in [-0.25, -0.2) is 9.78 Å². The monoisotopic (exact) mass is 268 g/mol. The zero-order valence-corrected chi connectivity index (χ0v) is 10.9. The van der Waals surface area contributed by atoms with Crippen molar-refractivity contribution in [3.63, 3.8) is 0 Å². The van der Waals surface area contributed by atoms with Crippen LogP contribution in [0.5, 0.6) is 0 Å². The highest BCUT2D eigenvalue weighted by Gasteiger charge is 2.15. The van der Waals surface area contributed by atoms with Crippen molar-refractivity contribution in [2.45, 2.75) is 6.92 Å². The number of hydrogen-bond acceptors (Lipinski definition) is 5. The molecule has 0 aliphatic carbocycles. The van der Waals surface area contributed by atoms with Crippen LogP contribution in [-0.4, -0.2) is 32.2 Å². The lowest BCUT2D eigenvalue weighted by Gasteiger charge is -2.07. The minimum absolute atomic E-state index is 0.228. The molecule has 0 saturated heterocycles. The van der Waals surface area contributed by atoms with Crippen molar-refractivity contribution < 1.29 is 9.53 Å². The average Bonchev–Trinajstić information content (AvgIpc) is 2.95. The van der Waals surface area contributed by atoms with E-state index in [2.05, 4.69) is 15.1 Å². The van der Waals surface area contributed by atoms with E-state index in [9.17, 15) is 4.79 Å². The van der Waals surface area contributed by atoms with Gasteiger partial charge >= 0.3 is 5.97 Å². The lowest BCUT2D eigenvalue weighted by Crippen LogP contribution is -2.10. The summed E-state index contributed by atoms with van der Waals surface area (Å²) in [6.45, 7) is 2.06. The Morgan fingerprint density at radius 1 is 1.30 bits per heavy atom. The number of fused-ring (bicyclic) bond motifs is 1. The lowest BCUT2D eigenvalue weighted by atomic mass is 10.1. The first-order chi connectivity index (χ1) is 9.79. The van der Waals surface area contributed by atoms with E-state index in [-0.39, 0.29) is 5.69 Å². The summed E-state index contributed by atoms with van der Waals surface area (Å²) in [6, 6.07) is 11.3. The number of aromatic nitrogens is 4. The van der Waals surface area contributed by atoms with Gasteiger partial charge in [-0.1, -0.05) is 30.3 Å². The third-order valence-corrected chi connectivity index (χ3v) is 2.81. The van der Waals surface area contributed by atoms with Crippen LogP contribution in [0.25, 0.3) is 17.0 Å². The van der Waals surface area contributed by atoms with Crippen LogP contribution in [0, 0.1) is 0 Å². The number of benzene rings is 1. The van der Waals surface area contributed by atoms with Crippen LogP contribution in [0.15, 0.2) is 42.7 Å². The highest BCUT2D eigenvalue weighted by Crippen LogP contribution is 2.20. The largest absolute Gasteiger partial charge is 0.461 e.